The predicted octanol–water partition coefficient (Wildman–Crippen LogP) is 2.74. The van der Waals surface area contributed by atoms with E-state index < -0.39 is 0 Å². The highest BCUT2D eigenvalue weighted by molar-refractivity contribution is 9.10. The van der Waals surface area contributed by atoms with Gasteiger partial charge in [-0.25, -0.2) is 4.79 Å². The molecule has 2 aromatic rings. The second-order valence-corrected chi connectivity index (χ2v) is 6.77. The second-order valence-electron chi connectivity index (χ2n) is 5.86. The van der Waals surface area contributed by atoms with Gasteiger partial charge in [-0.3, -0.25) is 4.98 Å². The minimum Gasteiger partial charge on any atom is -0.331 e. The standard InChI is InChI=1S/C18H21BrN4O/c19-16-5-3-15(4-6-16)17(12-14-2-1-7-21-13-14)22-18(24)23-10-8-20-9-11-23/h1-7,13,17,20H,8-12H2,(H,22,24). The van der Waals surface area contributed by atoms with Crippen molar-refractivity contribution in [2.45, 2.75) is 12.5 Å². The van der Waals surface area contributed by atoms with Crippen molar-refractivity contribution in [2.24, 2.45) is 0 Å². The van der Waals surface area contributed by atoms with E-state index in [1.54, 1.807) is 6.20 Å². The second kappa shape index (κ2) is 8.26. The van der Waals surface area contributed by atoms with E-state index in [4.69, 9.17) is 0 Å². The zero-order valence-electron chi connectivity index (χ0n) is 13.4. The molecule has 1 saturated heterocycles. The van der Waals surface area contributed by atoms with Crippen LogP contribution in [0.15, 0.2) is 53.3 Å². The molecule has 3 rings (SSSR count). The molecule has 0 aliphatic carbocycles. The fourth-order valence-corrected chi connectivity index (χ4v) is 3.07. The largest absolute Gasteiger partial charge is 0.331 e. The summed E-state index contributed by atoms with van der Waals surface area (Å²) in [5.41, 5.74) is 2.19. The number of urea groups is 1. The lowest BCUT2D eigenvalue weighted by Crippen LogP contribution is -2.51. The van der Waals surface area contributed by atoms with Gasteiger partial charge in [-0.1, -0.05) is 34.1 Å². The molecule has 0 spiro atoms. The Bertz CT molecular complexity index is 656. The number of pyridine rings is 1. The van der Waals surface area contributed by atoms with Crippen molar-refractivity contribution < 1.29 is 4.79 Å². The Labute approximate surface area is 150 Å². The number of halogens is 1. The smallest absolute Gasteiger partial charge is 0.317 e. The van der Waals surface area contributed by atoms with Gasteiger partial charge in [0, 0.05) is 43.0 Å². The number of amides is 2. The molecule has 5 nitrogen and oxygen atoms in total. The quantitative estimate of drug-likeness (QED) is 0.846. The van der Waals surface area contributed by atoms with Gasteiger partial charge in [0.25, 0.3) is 0 Å². The van der Waals surface area contributed by atoms with Crippen LogP contribution in [0.3, 0.4) is 0 Å². The third kappa shape index (κ3) is 4.55. The molecule has 1 aromatic carbocycles. The summed E-state index contributed by atoms with van der Waals surface area (Å²) in [7, 11) is 0. The fourth-order valence-electron chi connectivity index (χ4n) is 2.81. The maximum Gasteiger partial charge on any atom is 0.317 e. The molecular weight excluding hydrogens is 368 g/mol. The molecule has 2 N–H and O–H groups in total. The van der Waals surface area contributed by atoms with Crippen LogP contribution < -0.4 is 10.6 Å². The van der Waals surface area contributed by atoms with E-state index in [2.05, 4.69) is 31.5 Å². The molecule has 1 unspecified atom stereocenters. The molecule has 0 radical (unpaired) electrons. The average Bonchev–Trinajstić information content (AvgIpc) is 2.63. The van der Waals surface area contributed by atoms with Crippen LogP contribution in [0.1, 0.15) is 17.2 Å². The topological polar surface area (TPSA) is 57.3 Å². The summed E-state index contributed by atoms with van der Waals surface area (Å²) in [6.07, 6.45) is 4.33. The van der Waals surface area contributed by atoms with Crippen molar-refractivity contribution in [2.75, 3.05) is 26.2 Å². The summed E-state index contributed by atoms with van der Waals surface area (Å²) < 4.78 is 1.03. The van der Waals surface area contributed by atoms with Crippen LogP contribution >= 0.6 is 15.9 Å². The van der Waals surface area contributed by atoms with Gasteiger partial charge in [0.05, 0.1) is 6.04 Å². The lowest BCUT2D eigenvalue weighted by atomic mass is 10.00. The molecule has 1 fully saturated rings. The Morgan fingerprint density at radius 3 is 2.67 bits per heavy atom. The van der Waals surface area contributed by atoms with Crippen molar-refractivity contribution in [1.29, 1.82) is 0 Å². The van der Waals surface area contributed by atoms with E-state index in [9.17, 15) is 4.79 Å². The van der Waals surface area contributed by atoms with E-state index in [-0.39, 0.29) is 12.1 Å². The number of nitrogens with one attached hydrogen (secondary N) is 2. The monoisotopic (exact) mass is 388 g/mol. The Balaban J connectivity index is 1.76. The highest BCUT2D eigenvalue weighted by Crippen LogP contribution is 2.21. The van der Waals surface area contributed by atoms with E-state index in [0.717, 1.165) is 41.8 Å². The van der Waals surface area contributed by atoms with Crippen molar-refractivity contribution in [1.82, 2.24) is 20.5 Å². The van der Waals surface area contributed by atoms with Crippen LogP contribution in [0, 0.1) is 0 Å². The lowest BCUT2D eigenvalue weighted by molar-refractivity contribution is 0.186. The minimum absolute atomic E-state index is 0.00620. The summed E-state index contributed by atoms with van der Waals surface area (Å²) in [5, 5.41) is 6.45. The normalized spacial score (nSPS) is 15.8. The number of carbonyl (C=O) groups excluding carboxylic acids is 1. The maximum absolute atomic E-state index is 12.6. The highest BCUT2D eigenvalue weighted by Gasteiger charge is 2.21. The van der Waals surface area contributed by atoms with Crippen LogP contribution in [-0.2, 0) is 6.42 Å². The zero-order chi connectivity index (χ0) is 16.8. The molecule has 0 bridgehead atoms. The number of piperazine rings is 1. The Morgan fingerprint density at radius 2 is 2.00 bits per heavy atom. The number of rotatable bonds is 4. The van der Waals surface area contributed by atoms with Crippen molar-refractivity contribution in [3.05, 3.63) is 64.4 Å². The first-order valence-corrected chi connectivity index (χ1v) is 8.92. The first-order valence-electron chi connectivity index (χ1n) is 8.13. The zero-order valence-corrected chi connectivity index (χ0v) is 15.0. The lowest BCUT2D eigenvalue weighted by Gasteiger charge is -2.30. The van der Waals surface area contributed by atoms with Crippen LogP contribution in [0.5, 0.6) is 0 Å². The van der Waals surface area contributed by atoms with Crippen molar-refractivity contribution >= 4 is 22.0 Å². The van der Waals surface area contributed by atoms with Crippen molar-refractivity contribution in [3.63, 3.8) is 0 Å². The van der Waals surface area contributed by atoms with E-state index >= 15 is 0 Å². The molecule has 0 saturated carbocycles. The Hall–Kier alpha value is -1.92. The molecular formula is C18H21BrN4O. The van der Waals surface area contributed by atoms with Crippen LogP contribution in [0.4, 0.5) is 4.79 Å². The maximum atomic E-state index is 12.6. The first kappa shape index (κ1) is 16.9. The molecule has 1 aliphatic rings. The minimum atomic E-state index is -0.0790. The summed E-state index contributed by atoms with van der Waals surface area (Å²) >= 11 is 3.46. The number of aromatic nitrogens is 1. The number of hydrogen-bond donors (Lipinski definition) is 2. The van der Waals surface area contributed by atoms with Gasteiger partial charge in [0.1, 0.15) is 0 Å². The van der Waals surface area contributed by atoms with Gasteiger partial charge in [0.15, 0.2) is 0 Å². The molecule has 24 heavy (non-hydrogen) atoms. The summed E-state index contributed by atoms with van der Waals surface area (Å²) in [4.78, 5) is 18.6. The Kier molecular flexibility index (Phi) is 5.82. The number of hydrogen-bond acceptors (Lipinski definition) is 3. The van der Waals surface area contributed by atoms with Crippen LogP contribution in [0.2, 0.25) is 0 Å². The van der Waals surface area contributed by atoms with Gasteiger partial charge in [-0.2, -0.15) is 0 Å². The SMILES string of the molecule is O=C(NC(Cc1cccnc1)c1ccc(Br)cc1)N1CCNCC1. The van der Waals surface area contributed by atoms with E-state index in [0.29, 0.717) is 6.42 Å². The van der Waals surface area contributed by atoms with Crippen LogP contribution in [0.25, 0.3) is 0 Å². The molecule has 126 valence electrons. The summed E-state index contributed by atoms with van der Waals surface area (Å²) in [5.74, 6) is 0. The van der Waals surface area contributed by atoms with Crippen molar-refractivity contribution in [3.8, 4) is 0 Å². The third-order valence-electron chi connectivity index (χ3n) is 4.14. The molecule has 2 amide bonds. The molecule has 1 aromatic heterocycles. The van der Waals surface area contributed by atoms with Gasteiger partial charge in [-0.05, 0) is 35.7 Å². The molecule has 1 aliphatic heterocycles. The first-order chi connectivity index (χ1) is 11.7. The van der Waals surface area contributed by atoms with Gasteiger partial charge in [-0.15, -0.1) is 0 Å². The molecule has 6 heteroatoms. The average molecular weight is 389 g/mol. The predicted molar refractivity (Wildman–Crippen MR) is 97.8 cm³/mol. The van der Waals surface area contributed by atoms with Gasteiger partial charge in [0.2, 0.25) is 0 Å². The Morgan fingerprint density at radius 1 is 1.25 bits per heavy atom. The molecule has 2 heterocycles. The van der Waals surface area contributed by atoms with E-state index in [1.165, 1.54) is 0 Å². The number of nitrogens with zero attached hydrogens (tertiary/aromatic N) is 2. The summed E-state index contributed by atoms with van der Waals surface area (Å²) in [6, 6.07) is 12.0. The van der Waals surface area contributed by atoms with Gasteiger partial charge >= 0.3 is 6.03 Å². The van der Waals surface area contributed by atoms with Gasteiger partial charge < -0.3 is 15.5 Å². The fraction of sp³-hybridized carbons (Fsp3) is 0.333. The number of carbonyl (C=O) groups is 1. The third-order valence-corrected chi connectivity index (χ3v) is 4.67. The molecule has 1 atom stereocenters. The van der Waals surface area contributed by atoms with E-state index in [1.807, 2.05) is 47.5 Å². The summed E-state index contributed by atoms with van der Waals surface area (Å²) in [6.45, 7) is 3.18. The van der Waals surface area contributed by atoms with Crippen LogP contribution in [-0.4, -0.2) is 42.1 Å². The highest BCUT2D eigenvalue weighted by atomic mass is 79.9. The number of benzene rings is 1.